The maximum Gasteiger partial charge on any atom is 0.238 e. The number of likely N-dealkylation sites (N-methyl/N-ethyl adjacent to an activating group) is 1. The Morgan fingerprint density at radius 3 is 2.76 bits per heavy atom. The third-order valence-corrected chi connectivity index (χ3v) is 4.85. The molecule has 1 heterocycles. The predicted octanol–water partition coefficient (Wildman–Crippen LogP) is 4.43. The number of benzene rings is 1. The lowest BCUT2D eigenvalue weighted by Gasteiger charge is -2.16. The van der Waals surface area contributed by atoms with E-state index in [1.165, 1.54) is 10.4 Å². The summed E-state index contributed by atoms with van der Waals surface area (Å²) in [7, 11) is 1.91. The number of carbonyl (C=O) groups is 1. The first-order valence-corrected chi connectivity index (χ1v) is 8.06. The van der Waals surface area contributed by atoms with Crippen LogP contribution in [0.1, 0.15) is 10.4 Å². The minimum absolute atomic E-state index is 0.115. The van der Waals surface area contributed by atoms with Crippen molar-refractivity contribution in [3.8, 4) is 0 Å². The Balaban J connectivity index is 1.92. The molecule has 21 heavy (non-hydrogen) atoms. The van der Waals surface area contributed by atoms with E-state index >= 15 is 0 Å². The Kier molecular flexibility index (Phi) is 5.65. The van der Waals surface area contributed by atoms with E-state index in [1.54, 1.807) is 29.5 Å². The molecule has 0 saturated heterocycles. The molecule has 6 heteroatoms. The molecule has 0 fully saturated rings. The van der Waals surface area contributed by atoms with Gasteiger partial charge in [0.2, 0.25) is 5.91 Å². The summed E-state index contributed by atoms with van der Waals surface area (Å²) in [5.41, 5.74) is 1.79. The Hall–Kier alpha value is -1.07. The molecule has 0 bridgehead atoms. The number of nitrogens with one attached hydrogen (secondary N) is 1. The normalized spacial score (nSPS) is 10.9. The second kappa shape index (κ2) is 7.27. The average molecular weight is 343 g/mol. The fourth-order valence-corrected chi connectivity index (χ4v) is 3.24. The number of rotatable bonds is 5. The molecule has 1 aromatic carbocycles. The summed E-state index contributed by atoms with van der Waals surface area (Å²) in [6.07, 6.45) is 0. The Bertz CT molecular complexity index is 642. The summed E-state index contributed by atoms with van der Waals surface area (Å²) in [6, 6.07) is 7.25. The maximum absolute atomic E-state index is 12.0. The monoisotopic (exact) mass is 342 g/mol. The molecule has 0 radical (unpaired) electrons. The zero-order valence-electron chi connectivity index (χ0n) is 11.8. The van der Waals surface area contributed by atoms with E-state index in [0.29, 0.717) is 22.3 Å². The molecule has 0 saturated carbocycles. The number of hydrogen-bond donors (Lipinski definition) is 1. The summed E-state index contributed by atoms with van der Waals surface area (Å²) in [6.45, 7) is 3.12. The Morgan fingerprint density at radius 1 is 1.33 bits per heavy atom. The van der Waals surface area contributed by atoms with Crippen LogP contribution in [0.15, 0.2) is 29.6 Å². The average Bonchev–Trinajstić information content (AvgIpc) is 2.80. The number of amides is 1. The summed E-state index contributed by atoms with van der Waals surface area (Å²) in [4.78, 5) is 15.3. The van der Waals surface area contributed by atoms with Crippen molar-refractivity contribution in [2.75, 3.05) is 18.9 Å². The van der Waals surface area contributed by atoms with Crippen LogP contribution < -0.4 is 5.32 Å². The Labute approximate surface area is 138 Å². The first-order valence-electron chi connectivity index (χ1n) is 6.42. The van der Waals surface area contributed by atoms with Crippen molar-refractivity contribution >= 4 is 46.1 Å². The molecule has 112 valence electrons. The second-order valence-corrected chi connectivity index (χ2v) is 6.63. The van der Waals surface area contributed by atoms with Crippen molar-refractivity contribution in [1.82, 2.24) is 4.90 Å². The van der Waals surface area contributed by atoms with Crippen molar-refractivity contribution in [2.45, 2.75) is 13.5 Å². The van der Waals surface area contributed by atoms with Crippen LogP contribution in [0.25, 0.3) is 0 Å². The van der Waals surface area contributed by atoms with E-state index in [2.05, 4.69) is 23.7 Å². The number of nitrogens with zero attached hydrogens (tertiary/aromatic N) is 1. The van der Waals surface area contributed by atoms with E-state index in [0.717, 1.165) is 6.54 Å². The number of hydrogen-bond acceptors (Lipinski definition) is 3. The third-order valence-electron chi connectivity index (χ3n) is 3.02. The molecule has 3 nitrogen and oxygen atoms in total. The summed E-state index contributed by atoms with van der Waals surface area (Å²) >= 11 is 13.7. The van der Waals surface area contributed by atoms with Crippen LogP contribution in [0.2, 0.25) is 10.0 Å². The zero-order valence-corrected chi connectivity index (χ0v) is 14.1. The summed E-state index contributed by atoms with van der Waals surface area (Å²) < 4.78 is 0. The SMILES string of the molecule is Cc1ccsc1CN(C)CC(=O)Nc1cccc(Cl)c1Cl. The maximum atomic E-state index is 12.0. The van der Waals surface area contributed by atoms with Gasteiger partial charge in [-0.1, -0.05) is 29.3 Å². The molecule has 0 aliphatic carbocycles. The summed E-state index contributed by atoms with van der Waals surface area (Å²) in [5.74, 6) is -0.115. The number of halogens is 2. The third kappa shape index (κ3) is 4.45. The minimum Gasteiger partial charge on any atom is -0.324 e. The Morgan fingerprint density at radius 2 is 2.10 bits per heavy atom. The van der Waals surface area contributed by atoms with Crippen LogP contribution in [-0.4, -0.2) is 24.4 Å². The van der Waals surface area contributed by atoms with E-state index in [1.807, 2.05) is 11.9 Å². The molecule has 1 amide bonds. The zero-order chi connectivity index (χ0) is 15.4. The highest BCUT2D eigenvalue weighted by Gasteiger charge is 2.12. The number of anilines is 1. The lowest BCUT2D eigenvalue weighted by atomic mass is 10.3. The molecule has 0 unspecified atom stereocenters. The van der Waals surface area contributed by atoms with E-state index in [-0.39, 0.29) is 5.91 Å². The fourth-order valence-electron chi connectivity index (χ4n) is 1.90. The van der Waals surface area contributed by atoms with Gasteiger partial charge in [0.05, 0.1) is 22.3 Å². The first kappa shape index (κ1) is 16.3. The van der Waals surface area contributed by atoms with Crippen LogP contribution in [0.5, 0.6) is 0 Å². The number of thiophene rings is 1. The second-order valence-electron chi connectivity index (χ2n) is 4.85. The molecule has 2 rings (SSSR count). The molecule has 2 aromatic rings. The van der Waals surface area contributed by atoms with Gasteiger partial charge in [0.1, 0.15) is 0 Å². The van der Waals surface area contributed by atoms with Gasteiger partial charge in [-0.15, -0.1) is 11.3 Å². The van der Waals surface area contributed by atoms with Crippen LogP contribution in [0.4, 0.5) is 5.69 Å². The van der Waals surface area contributed by atoms with Crippen molar-refractivity contribution in [3.63, 3.8) is 0 Å². The molecule has 1 N–H and O–H groups in total. The van der Waals surface area contributed by atoms with Crippen LogP contribution in [-0.2, 0) is 11.3 Å². The van der Waals surface area contributed by atoms with Gasteiger partial charge in [-0.25, -0.2) is 0 Å². The summed E-state index contributed by atoms with van der Waals surface area (Å²) in [5, 5.41) is 5.64. The van der Waals surface area contributed by atoms with Crippen LogP contribution in [0.3, 0.4) is 0 Å². The lowest BCUT2D eigenvalue weighted by molar-refractivity contribution is -0.117. The number of carbonyl (C=O) groups excluding carboxylic acids is 1. The van der Waals surface area contributed by atoms with Crippen molar-refractivity contribution in [3.05, 3.63) is 50.1 Å². The lowest BCUT2D eigenvalue weighted by Crippen LogP contribution is -2.29. The van der Waals surface area contributed by atoms with Gasteiger partial charge < -0.3 is 5.32 Å². The topological polar surface area (TPSA) is 32.3 Å². The molecule has 0 aliphatic heterocycles. The van der Waals surface area contributed by atoms with E-state index in [4.69, 9.17) is 23.2 Å². The molecular weight excluding hydrogens is 327 g/mol. The van der Waals surface area contributed by atoms with Gasteiger partial charge in [0, 0.05) is 11.4 Å². The highest BCUT2D eigenvalue weighted by molar-refractivity contribution is 7.10. The van der Waals surface area contributed by atoms with Gasteiger partial charge in [0.25, 0.3) is 0 Å². The molecule has 0 spiro atoms. The standard InChI is InChI=1S/C15H16Cl2N2OS/c1-10-6-7-21-13(10)8-19(2)9-14(20)18-12-5-3-4-11(16)15(12)17/h3-7H,8-9H2,1-2H3,(H,18,20). The van der Waals surface area contributed by atoms with E-state index in [9.17, 15) is 4.79 Å². The van der Waals surface area contributed by atoms with Crippen LogP contribution >= 0.6 is 34.5 Å². The highest BCUT2D eigenvalue weighted by Crippen LogP contribution is 2.29. The minimum atomic E-state index is -0.115. The fraction of sp³-hybridized carbons (Fsp3) is 0.267. The van der Waals surface area contributed by atoms with Crippen molar-refractivity contribution < 1.29 is 4.79 Å². The first-order chi connectivity index (χ1) is 9.97. The smallest absolute Gasteiger partial charge is 0.238 e. The quantitative estimate of drug-likeness (QED) is 0.871. The largest absolute Gasteiger partial charge is 0.324 e. The van der Waals surface area contributed by atoms with Crippen LogP contribution in [0, 0.1) is 6.92 Å². The van der Waals surface area contributed by atoms with Crippen molar-refractivity contribution in [2.24, 2.45) is 0 Å². The van der Waals surface area contributed by atoms with Gasteiger partial charge in [0.15, 0.2) is 0 Å². The van der Waals surface area contributed by atoms with Gasteiger partial charge >= 0.3 is 0 Å². The molecule has 0 atom stereocenters. The molecule has 0 aliphatic rings. The van der Waals surface area contributed by atoms with Gasteiger partial charge in [-0.3, -0.25) is 9.69 Å². The predicted molar refractivity (Wildman–Crippen MR) is 90.5 cm³/mol. The van der Waals surface area contributed by atoms with Crippen molar-refractivity contribution in [1.29, 1.82) is 0 Å². The highest BCUT2D eigenvalue weighted by atomic mass is 35.5. The number of aryl methyl sites for hydroxylation is 1. The van der Waals surface area contributed by atoms with Gasteiger partial charge in [-0.2, -0.15) is 0 Å². The molecule has 1 aromatic heterocycles. The van der Waals surface area contributed by atoms with E-state index < -0.39 is 0 Å². The van der Waals surface area contributed by atoms with Gasteiger partial charge in [-0.05, 0) is 43.1 Å². The molecular formula is C15H16Cl2N2OS.